The maximum absolute atomic E-state index is 11.9. The highest BCUT2D eigenvalue weighted by molar-refractivity contribution is 5.89. The molecule has 0 aliphatic rings. The molecule has 0 bridgehead atoms. The first-order valence-corrected chi connectivity index (χ1v) is 6.33. The van der Waals surface area contributed by atoms with E-state index < -0.39 is 0 Å². The highest BCUT2D eigenvalue weighted by Gasteiger charge is 2.09. The number of ether oxygens (including phenoxy) is 2. The van der Waals surface area contributed by atoms with Crippen LogP contribution in [0, 0.1) is 13.8 Å². The van der Waals surface area contributed by atoms with Crippen molar-refractivity contribution in [1.82, 2.24) is 4.98 Å². The monoisotopic (exact) mass is 271 g/mol. The van der Waals surface area contributed by atoms with Gasteiger partial charge < -0.3 is 9.47 Å². The van der Waals surface area contributed by atoms with Crippen LogP contribution >= 0.6 is 0 Å². The molecule has 0 atom stereocenters. The van der Waals surface area contributed by atoms with Crippen LogP contribution in [0.5, 0.6) is 5.88 Å². The number of hydrogen-bond donors (Lipinski definition) is 0. The minimum absolute atomic E-state index is 0.262. The van der Waals surface area contributed by atoms with Gasteiger partial charge >= 0.3 is 5.97 Å². The molecule has 0 N–H and O–H groups in total. The van der Waals surface area contributed by atoms with Gasteiger partial charge in [-0.2, -0.15) is 0 Å². The molecule has 2 aromatic rings. The summed E-state index contributed by atoms with van der Waals surface area (Å²) in [7, 11) is 1.53. The van der Waals surface area contributed by atoms with E-state index in [1.54, 1.807) is 12.1 Å². The highest BCUT2D eigenvalue weighted by Crippen LogP contribution is 2.13. The largest absolute Gasteiger partial charge is 0.481 e. The summed E-state index contributed by atoms with van der Waals surface area (Å²) in [5.74, 6) is 0.0807. The van der Waals surface area contributed by atoms with Crippen molar-refractivity contribution in [3.63, 3.8) is 0 Å². The average molecular weight is 271 g/mol. The van der Waals surface area contributed by atoms with Crippen LogP contribution in [0.15, 0.2) is 36.5 Å². The molecule has 4 heteroatoms. The molecule has 0 aliphatic heterocycles. The Labute approximate surface area is 118 Å². The number of aryl methyl sites for hydroxylation is 2. The lowest BCUT2D eigenvalue weighted by molar-refractivity contribution is 0.0471. The number of esters is 1. The van der Waals surface area contributed by atoms with Crippen molar-refractivity contribution in [3.05, 3.63) is 58.8 Å². The van der Waals surface area contributed by atoms with E-state index in [2.05, 4.69) is 4.98 Å². The van der Waals surface area contributed by atoms with Gasteiger partial charge in [-0.15, -0.1) is 0 Å². The highest BCUT2D eigenvalue weighted by atomic mass is 16.5. The fourth-order valence-corrected chi connectivity index (χ4v) is 1.80. The van der Waals surface area contributed by atoms with Gasteiger partial charge in [0.2, 0.25) is 5.88 Å². The summed E-state index contributed by atoms with van der Waals surface area (Å²) in [4.78, 5) is 15.9. The number of hydrogen-bond acceptors (Lipinski definition) is 4. The van der Waals surface area contributed by atoms with Crippen molar-refractivity contribution in [2.24, 2.45) is 0 Å². The molecular formula is C16H17NO3. The molecule has 0 amide bonds. The van der Waals surface area contributed by atoms with Gasteiger partial charge in [-0.25, -0.2) is 9.78 Å². The number of pyridine rings is 1. The molecule has 0 saturated carbocycles. The van der Waals surface area contributed by atoms with Gasteiger partial charge in [0.15, 0.2) is 0 Å². The van der Waals surface area contributed by atoms with Crippen LogP contribution in [0.3, 0.4) is 0 Å². The predicted octanol–water partition coefficient (Wildman–Crippen LogP) is 3.06. The van der Waals surface area contributed by atoms with Crippen LogP contribution in [0.2, 0.25) is 0 Å². The normalized spacial score (nSPS) is 10.2. The summed E-state index contributed by atoms with van der Waals surface area (Å²) in [6.07, 6.45) is 1.45. The molecular weight excluding hydrogens is 254 g/mol. The first-order valence-electron chi connectivity index (χ1n) is 6.33. The van der Waals surface area contributed by atoms with E-state index in [9.17, 15) is 4.79 Å². The Kier molecular flexibility index (Phi) is 4.35. The predicted molar refractivity (Wildman–Crippen MR) is 75.8 cm³/mol. The van der Waals surface area contributed by atoms with Crippen molar-refractivity contribution in [2.75, 3.05) is 7.11 Å². The second-order valence-electron chi connectivity index (χ2n) is 4.60. The Morgan fingerprint density at radius 3 is 2.65 bits per heavy atom. The van der Waals surface area contributed by atoms with Crippen molar-refractivity contribution < 1.29 is 14.3 Å². The number of rotatable bonds is 4. The molecule has 20 heavy (non-hydrogen) atoms. The molecule has 0 fully saturated rings. The van der Waals surface area contributed by atoms with Crippen molar-refractivity contribution in [2.45, 2.75) is 20.5 Å². The lowest BCUT2D eigenvalue weighted by Crippen LogP contribution is -2.06. The minimum Gasteiger partial charge on any atom is -0.481 e. The standard InChI is InChI=1S/C16H17NO3/c1-11-4-5-12(2)14(8-11)10-20-16(18)13-6-7-15(19-3)17-9-13/h4-9H,10H2,1-3H3. The fourth-order valence-electron chi connectivity index (χ4n) is 1.80. The molecule has 0 radical (unpaired) electrons. The van der Waals surface area contributed by atoms with Crippen LogP contribution in [0.1, 0.15) is 27.0 Å². The summed E-state index contributed by atoms with van der Waals surface area (Å²) in [5.41, 5.74) is 3.68. The molecule has 2 rings (SSSR count). The lowest BCUT2D eigenvalue weighted by Gasteiger charge is -2.08. The van der Waals surface area contributed by atoms with E-state index in [0.29, 0.717) is 11.4 Å². The zero-order chi connectivity index (χ0) is 14.5. The number of nitrogens with zero attached hydrogens (tertiary/aromatic N) is 1. The second-order valence-corrected chi connectivity index (χ2v) is 4.60. The molecule has 1 heterocycles. The SMILES string of the molecule is COc1ccc(C(=O)OCc2cc(C)ccc2C)cn1. The summed E-state index contributed by atoms with van der Waals surface area (Å²) in [6.45, 7) is 4.27. The molecule has 1 aromatic heterocycles. The number of methoxy groups -OCH3 is 1. The first kappa shape index (κ1) is 14.1. The zero-order valence-electron chi connectivity index (χ0n) is 11.8. The van der Waals surface area contributed by atoms with Crippen molar-refractivity contribution >= 4 is 5.97 Å². The molecule has 0 saturated heterocycles. The molecule has 4 nitrogen and oxygen atoms in total. The number of aromatic nitrogens is 1. The average Bonchev–Trinajstić information content (AvgIpc) is 2.48. The fraction of sp³-hybridized carbons (Fsp3) is 0.250. The van der Waals surface area contributed by atoms with Gasteiger partial charge in [0, 0.05) is 12.3 Å². The van der Waals surface area contributed by atoms with E-state index in [1.165, 1.54) is 13.3 Å². The third-order valence-electron chi connectivity index (χ3n) is 3.04. The van der Waals surface area contributed by atoms with Crippen LogP contribution in [0.25, 0.3) is 0 Å². The zero-order valence-corrected chi connectivity index (χ0v) is 11.8. The molecule has 0 aliphatic carbocycles. The quantitative estimate of drug-likeness (QED) is 0.802. The number of carbonyl (C=O) groups is 1. The lowest BCUT2D eigenvalue weighted by atomic mass is 10.1. The first-order chi connectivity index (χ1) is 9.60. The topological polar surface area (TPSA) is 48.4 Å². The van der Waals surface area contributed by atoms with Gasteiger partial charge in [0.1, 0.15) is 6.61 Å². The molecule has 104 valence electrons. The maximum Gasteiger partial charge on any atom is 0.340 e. The van der Waals surface area contributed by atoms with E-state index >= 15 is 0 Å². The van der Waals surface area contributed by atoms with Crippen LogP contribution in [0.4, 0.5) is 0 Å². The second kappa shape index (κ2) is 6.19. The smallest absolute Gasteiger partial charge is 0.340 e. The number of carbonyl (C=O) groups excluding carboxylic acids is 1. The minimum atomic E-state index is -0.388. The Bertz CT molecular complexity index is 606. The van der Waals surface area contributed by atoms with Crippen LogP contribution in [-0.4, -0.2) is 18.1 Å². The van der Waals surface area contributed by atoms with Gasteiger partial charge in [-0.05, 0) is 31.0 Å². The van der Waals surface area contributed by atoms with Gasteiger partial charge in [0.05, 0.1) is 12.7 Å². The summed E-state index contributed by atoms with van der Waals surface area (Å²) < 4.78 is 10.2. The third-order valence-corrected chi connectivity index (χ3v) is 3.04. The van der Waals surface area contributed by atoms with Gasteiger partial charge in [-0.3, -0.25) is 0 Å². The van der Waals surface area contributed by atoms with Crippen molar-refractivity contribution in [1.29, 1.82) is 0 Å². The van der Waals surface area contributed by atoms with E-state index in [0.717, 1.165) is 16.7 Å². The third kappa shape index (κ3) is 3.35. The van der Waals surface area contributed by atoms with E-state index in [1.807, 2.05) is 32.0 Å². The Morgan fingerprint density at radius 1 is 1.20 bits per heavy atom. The van der Waals surface area contributed by atoms with Gasteiger partial charge in [-0.1, -0.05) is 23.8 Å². The summed E-state index contributed by atoms with van der Waals surface area (Å²) >= 11 is 0. The Morgan fingerprint density at radius 2 is 2.00 bits per heavy atom. The maximum atomic E-state index is 11.9. The molecule has 0 unspecified atom stereocenters. The van der Waals surface area contributed by atoms with Gasteiger partial charge in [0.25, 0.3) is 0 Å². The summed E-state index contributed by atoms with van der Waals surface area (Å²) in [6, 6.07) is 9.35. The van der Waals surface area contributed by atoms with E-state index in [-0.39, 0.29) is 12.6 Å². The Balaban J connectivity index is 2.02. The van der Waals surface area contributed by atoms with Crippen LogP contribution in [-0.2, 0) is 11.3 Å². The molecule has 0 spiro atoms. The Hall–Kier alpha value is -2.36. The molecule has 1 aromatic carbocycles. The van der Waals surface area contributed by atoms with Crippen molar-refractivity contribution in [3.8, 4) is 5.88 Å². The number of benzene rings is 1. The van der Waals surface area contributed by atoms with E-state index in [4.69, 9.17) is 9.47 Å². The van der Waals surface area contributed by atoms with Crippen LogP contribution < -0.4 is 4.74 Å². The summed E-state index contributed by atoms with van der Waals surface area (Å²) in [5, 5.41) is 0.